The molecular weight excluding hydrogens is 341 g/mol. The van der Waals surface area contributed by atoms with Crippen LogP contribution >= 0.6 is 0 Å². The number of nitrogens with one attached hydrogen (secondary N) is 1. The van der Waals surface area contributed by atoms with E-state index in [1.807, 2.05) is 42.5 Å². The SMILES string of the molecule is CC(=O)Nc1nc2c(nc1/C=C/c1ccccc1)-c1ccc(F)cc1CC2. The number of aromatic nitrogens is 2. The molecule has 0 aliphatic heterocycles. The Morgan fingerprint density at radius 1 is 1.07 bits per heavy atom. The highest BCUT2D eigenvalue weighted by Gasteiger charge is 2.21. The quantitative estimate of drug-likeness (QED) is 0.749. The lowest BCUT2D eigenvalue weighted by atomic mass is 9.91. The van der Waals surface area contributed by atoms with Gasteiger partial charge in [-0.2, -0.15) is 0 Å². The van der Waals surface area contributed by atoms with Crippen molar-refractivity contribution in [3.8, 4) is 11.3 Å². The fraction of sp³-hybridized carbons (Fsp3) is 0.136. The maximum atomic E-state index is 13.6. The van der Waals surface area contributed by atoms with Gasteiger partial charge in [0.15, 0.2) is 5.82 Å². The van der Waals surface area contributed by atoms with Crippen molar-refractivity contribution in [3.05, 3.63) is 76.9 Å². The van der Waals surface area contributed by atoms with Crippen molar-refractivity contribution in [2.45, 2.75) is 19.8 Å². The Labute approximate surface area is 156 Å². The Kier molecular flexibility index (Phi) is 4.50. The molecular formula is C22H18FN3O. The molecule has 0 spiro atoms. The van der Waals surface area contributed by atoms with Gasteiger partial charge in [0.25, 0.3) is 0 Å². The van der Waals surface area contributed by atoms with Gasteiger partial charge in [0.1, 0.15) is 11.5 Å². The molecule has 1 amide bonds. The first-order valence-corrected chi connectivity index (χ1v) is 8.80. The van der Waals surface area contributed by atoms with Gasteiger partial charge in [0.2, 0.25) is 5.91 Å². The van der Waals surface area contributed by atoms with Gasteiger partial charge >= 0.3 is 0 Å². The molecule has 1 aliphatic carbocycles. The summed E-state index contributed by atoms with van der Waals surface area (Å²) in [5, 5.41) is 2.77. The molecule has 0 fully saturated rings. The van der Waals surface area contributed by atoms with E-state index in [1.165, 1.54) is 13.0 Å². The summed E-state index contributed by atoms with van der Waals surface area (Å²) in [5.74, 6) is 0.0000992. The molecule has 0 saturated heterocycles. The fourth-order valence-corrected chi connectivity index (χ4v) is 3.24. The minimum Gasteiger partial charge on any atom is -0.309 e. The van der Waals surface area contributed by atoms with Crippen molar-refractivity contribution in [2.75, 3.05) is 5.32 Å². The number of benzene rings is 2. The third-order valence-corrected chi connectivity index (χ3v) is 4.48. The zero-order chi connectivity index (χ0) is 18.8. The molecule has 1 N–H and O–H groups in total. The van der Waals surface area contributed by atoms with Crippen LogP contribution in [0.2, 0.25) is 0 Å². The van der Waals surface area contributed by atoms with Gasteiger partial charge in [-0.3, -0.25) is 4.79 Å². The summed E-state index contributed by atoms with van der Waals surface area (Å²) in [7, 11) is 0. The zero-order valence-electron chi connectivity index (χ0n) is 14.9. The van der Waals surface area contributed by atoms with Crippen LogP contribution in [0.25, 0.3) is 23.4 Å². The number of amides is 1. The number of nitrogens with zero attached hydrogens (tertiary/aromatic N) is 2. The van der Waals surface area contributed by atoms with Crippen LogP contribution < -0.4 is 5.32 Å². The predicted octanol–water partition coefficient (Wildman–Crippen LogP) is 4.51. The van der Waals surface area contributed by atoms with Crippen LogP contribution in [-0.2, 0) is 17.6 Å². The summed E-state index contributed by atoms with van der Waals surface area (Å²) >= 11 is 0. The van der Waals surface area contributed by atoms with Gasteiger partial charge in [-0.25, -0.2) is 14.4 Å². The van der Waals surface area contributed by atoms with Gasteiger partial charge < -0.3 is 5.32 Å². The molecule has 27 heavy (non-hydrogen) atoms. The van der Waals surface area contributed by atoms with Crippen LogP contribution in [0.4, 0.5) is 10.2 Å². The topological polar surface area (TPSA) is 54.9 Å². The predicted molar refractivity (Wildman–Crippen MR) is 105 cm³/mol. The van der Waals surface area contributed by atoms with Crippen LogP contribution in [0.15, 0.2) is 48.5 Å². The van der Waals surface area contributed by atoms with Gasteiger partial charge in [-0.05, 0) is 48.2 Å². The highest BCUT2D eigenvalue weighted by molar-refractivity contribution is 5.90. The summed E-state index contributed by atoms with van der Waals surface area (Å²) in [6.45, 7) is 1.45. The van der Waals surface area contributed by atoms with Crippen LogP contribution in [0.5, 0.6) is 0 Å². The number of fused-ring (bicyclic) bond motifs is 3. The van der Waals surface area contributed by atoms with Crippen molar-refractivity contribution in [1.82, 2.24) is 9.97 Å². The maximum absolute atomic E-state index is 13.6. The molecule has 5 heteroatoms. The largest absolute Gasteiger partial charge is 0.309 e. The first-order chi connectivity index (χ1) is 13.1. The zero-order valence-corrected chi connectivity index (χ0v) is 14.9. The third-order valence-electron chi connectivity index (χ3n) is 4.48. The van der Waals surface area contributed by atoms with E-state index < -0.39 is 0 Å². The summed E-state index contributed by atoms with van der Waals surface area (Å²) in [6.07, 6.45) is 5.13. The lowest BCUT2D eigenvalue weighted by Gasteiger charge is -2.20. The number of aryl methyl sites for hydroxylation is 2. The van der Waals surface area contributed by atoms with Crippen molar-refractivity contribution in [1.29, 1.82) is 0 Å². The van der Waals surface area contributed by atoms with Crippen LogP contribution in [0, 0.1) is 5.82 Å². The van der Waals surface area contributed by atoms with Gasteiger partial charge in [-0.1, -0.05) is 36.4 Å². The van der Waals surface area contributed by atoms with E-state index in [1.54, 1.807) is 12.1 Å². The number of hydrogen-bond donors (Lipinski definition) is 1. The standard InChI is InChI=1S/C22H18FN3O/c1-14(27)24-22-20(11-7-15-5-3-2-4-6-15)25-21-18-10-9-17(23)13-16(18)8-12-19(21)26-22/h2-7,9-11,13H,8,12H2,1H3,(H,24,26,27)/b11-7+. The fourth-order valence-electron chi connectivity index (χ4n) is 3.24. The highest BCUT2D eigenvalue weighted by Crippen LogP contribution is 2.33. The Morgan fingerprint density at radius 3 is 2.67 bits per heavy atom. The van der Waals surface area contributed by atoms with Gasteiger partial charge in [-0.15, -0.1) is 0 Å². The number of carbonyl (C=O) groups excluding carboxylic acids is 1. The third kappa shape index (κ3) is 3.62. The first kappa shape index (κ1) is 17.1. The lowest BCUT2D eigenvalue weighted by molar-refractivity contribution is -0.114. The normalized spacial score (nSPS) is 12.5. The second-order valence-electron chi connectivity index (χ2n) is 6.48. The maximum Gasteiger partial charge on any atom is 0.222 e. The van der Waals surface area contributed by atoms with Crippen molar-refractivity contribution in [3.63, 3.8) is 0 Å². The molecule has 0 radical (unpaired) electrons. The molecule has 1 heterocycles. The van der Waals surface area contributed by atoms with Gasteiger partial charge in [0, 0.05) is 12.5 Å². The molecule has 0 bridgehead atoms. The molecule has 1 aliphatic rings. The van der Waals surface area contributed by atoms with E-state index in [-0.39, 0.29) is 11.7 Å². The Bertz CT molecular complexity index is 1040. The average molecular weight is 359 g/mol. The highest BCUT2D eigenvalue weighted by atomic mass is 19.1. The number of rotatable bonds is 3. The summed E-state index contributed by atoms with van der Waals surface area (Å²) in [4.78, 5) is 21.0. The van der Waals surface area contributed by atoms with Crippen LogP contribution in [-0.4, -0.2) is 15.9 Å². The second-order valence-corrected chi connectivity index (χ2v) is 6.48. The summed E-state index contributed by atoms with van der Waals surface area (Å²) in [6, 6.07) is 14.6. The molecule has 0 unspecified atom stereocenters. The average Bonchev–Trinajstić information content (AvgIpc) is 2.66. The lowest BCUT2D eigenvalue weighted by Crippen LogP contribution is -2.15. The molecule has 4 rings (SSSR count). The Morgan fingerprint density at radius 2 is 1.89 bits per heavy atom. The monoisotopic (exact) mass is 359 g/mol. The Hall–Kier alpha value is -3.34. The van der Waals surface area contributed by atoms with Crippen molar-refractivity contribution < 1.29 is 9.18 Å². The van der Waals surface area contributed by atoms with Crippen LogP contribution in [0.1, 0.15) is 29.4 Å². The van der Waals surface area contributed by atoms with E-state index in [4.69, 9.17) is 4.98 Å². The van der Waals surface area contributed by atoms with E-state index in [0.717, 1.165) is 28.1 Å². The molecule has 4 nitrogen and oxygen atoms in total. The molecule has 2 aromatic carbocycles. The number of halogens is 1. The van der Waals surface area contributed by atoms with Crippen LogP contribution in [0.3, 0.4) is 0 Å². The molecule has 3 aromatic rings. The summed E-state index contributed by atoms with van der Waals surface area (Å²) in [5.41, 5.74) is 4.99. The molecule has 134 valence electrons. The number of anilines is 1. The number of carbonyl (C=O) groups is 1. The summed E-state index contributed by atoms with van der Waals surface area (Å²) < 4.78 is 13.6. The minimum absolute atomic E-state index is 0.197. The van der Waals surface area contributed by atoms with E-state index >= 15 is 0 Å². The molecule has 0 atom stereocenters. The van der Waals surface area contributed by atoms with E-state index in [0.29, 0.717) is 24.4 Å². The minimum atomic E-state index is -0.246. The first-order valence-electron chi connectivity index (χ1n) is 8.80. The smallest absolute Gasteiger partial charge is 0.222 e. The van der Waals surface area contributed by atoms with Crippen molar-refractivity contribution in [2.24, 2.45) is 0 Å². The van der Waals surface area contributed by atoms with Crippen molar-refractivity contribution >= 4 is 23.9 Å². The molecule has 1 aromatic heterocycles. The molecule has 0 saturated carbocycles. The van der Waals surface area contributed by atoms with Gasteiger partial charge in [0.05, 0.1) is 11.4 Å². The number of hydrogen-bond acceptors (Lipinski definition) is 3. The van der Waals surface area contributed by atoms with E-state index in [2.05, 4.69) is 10.3 Å². The van der Waals surface area contributed by atoms with E-state index in [9.17, 15) is 9.18 Å². The Balaban J connectivity index is 1.82. The second kappa shape index (κ2) is 7.11.